The van der Waals surface area contributed by atoms with Crippen molar-refractivity contribution < 1.29 is 14.6 Å². The third-order valence-electron chi connectivity index (χ3n) is 2.51. The minimum atomic E-state index is -0.832. The average Bonchev–Trinajstić information content (AvgIpc) is 2.34. The van der Waals surface area contributed by atoms with E-state index in [4.69, 9.17) is 15.6 Å². The van der Waals surface area contributed by atoms with Gasteiger partial charge in [-0.05, 0) is 24.8 Å². The van der Waals surface area contributed by atoms with E-state index >= 15 is 0 Å². The van der Waals surface area contributed by atoms with Gasteiger partial charge in [-0.2, -0.15) is 0 Å². The third-order valence-corrected chi connectivity index (χ3v) is 3.30. The zero-order chi connectivity index (χ0) is 12.8. The van der Waals surface area contributed by atoms with Crippen molar-refractivity contribution in [3.8, 4) is 5.75 Å². The van der Waals surface area contributed by atoms with Crippen molar-refractivity contribution in [3.63, 3.8) is 0 Å². The van der Waals surface area contributed by atoms with Crippen molar-refractivity contribution >= 4 is 17.7 Å². The fourth-order valence-corrected chi connectivity index (χ4v) is 2.36. The summed E-state index contributed by atoms with van der Waals surface area (Å²) in [4.78, 5) is 11.6. The molecule has 0 spiro atoms. The largest absolute Gasteiger partial charge is 0.496 e. The molecule has 1 atom stereocenters. The first-order valence-corrected chi connectivity index (χ1v) is 6.51. The summed E-state index contributed by atoms with van der Waals surface area (Å²) >= 11 is 1.58. The van der Waals surface area contributed by atoms with Gasteiger partial charge in [0, 0.05) is 22.9 Å². The van der Waals surface area contributed by atoms with E-state index in [1.54, 1.807) is 18.9 Å². The quantitative estimate of drug-likeness (QED) is 0.763. The topological polar surface area (TPSA) is 72.5 Å². The summed E-state index contributed by atoms with van der Waals surface area (Å²) < 4.78 is 5.28. The maximum absolute atomic E-state index is 10.6. The molecule has 17 heavy (non-hydrogen) atoms. The summed E-state index contributed by atoms with van der Waals surface area (Å²) in [7, 11) is 1.59. The van der Waals surface area contributed by atoms with Gasteiger partial charge in [0.25, 0.3) is 0 Å². The Balaban J connectivity index is 2.96. The molecule has 0 amide bonds. The molecule has 5 heteroatoms. The van der Waals surface area contributed by atoms with E-state index in [2.05, 4.69) is 0 Å². The molecule has 4 nitrogen and oxygen atoms in total. The normalized spacial score (nSPS) is 12.2. The van der Waals surface area contributed by atoms with E-state index in [1.807, 2.05) is 24.5 Å². The number of rotatable bonds is 6. The monoisotopic (exact) mass is 255 g/mol. The fraction of sp³-hybridized carbons (Fsp3) is 0.417. The van der Waals surface area contributed by atoms with Crippen molar-refractivity contribution in [1.29, 1.82) is 0 Å². The minimum Gasteiger partial charge on any atom is -0.496 e. The number of aliphatic carboxylic acids is 1. The van der Waals surface area contributed by atoms with Crippen molar-refractivity contribution in [2.75, 3.05) is 13.4 Å². The number of methoxy groups -OCH3 is 1. The number of hydrogen-bond donors (Lipinski definition) is 2. The molecular formula is C12H17NO3S. The van der Waals surface area contributed by atoms with Crippen LogP contribution >= 0.6 is 11.8 Å². The molecule has 0 aliphatic carbocycles. The summed E-state index contributed by atoms with van der Waals surface area (Å²) in [5, 5.41) is 8.67. The summed E-state index contributed by atoms with van der Waals surface area (Å²) in [5.41, 5.74) is 6.93. The molecule has 1 aromatic carbocycles. The van der Waals surface area contributed by atoms with Gasteiger partial charge in [-0.1, -0.05) is 6.07 Å². The zero-order valence-electron chi connectivity index (χ0n) is 9.97. The summed E-state index contributed by atoms with van der Waals surface area (Å²) in [5.74, 6) is -0.115. The highest BCUT2D eigenvalue weighted by molar-refractivity contribution is 7.98. The van der Waals surface area contributed by atoms with Crippen LogP contribution in [0.1, 0.15) is 24.4 Å². The lowest BCUT2D eigenvalue weighted by atomic mass is 10.0. The molecule has 1 rings (SSSR count). The van der Waals surface area contributed by atoms with Crippen LogP contribution in [-0.4, -0.2) is 24.4 Å². The Bertz CT molecular complexity index is 373. The van der Waals surface area contributed by atoms with E-state index in [1.165, 1.54) is 0 Å². The smallest absolute Gasteiger partial charge is 0.303 e. The highest BCUT2D eigenvalue weighted by atomic mass is 32.2. The molecule has 0 radical (unpaired) electrons. The van der Waals surface area contributed by atoms with Gasteiger partial charge in [-0.3, -0.25) is 4.79 Å². The second-order valence-corrected chi connectivity index (χ2v) is 4.46. The van der Waals surface area contributed by atoms with Crippen LogP contribution in [0.3, 0.4) is 0 Å². The molecule has 0 saturated heterocycles. The number of hydrogen-bond acceptors (Lipinski definition) is 4. The molecule has 1 unspecified atom stereocenters. The van der Waals surface area contributed by atoms with Crippen LogP contribution in [0.15, 0.2) is 23.1 Å². The maximum Gasteiger partial charge on any atom is 0.303 e. The number of thioether (sulfide) groups is 1. The van der Waals surface area contributed by atoms with Gasteiger partial charge in [0.15, 0.2) is 0 Å². The standard InChI is InChI=1S/C12H17NO3S/c1-16-9-4-3-5-10(17-2)12(9)8(13)6-7-11(14)15/h3-5,8H,6-7,13H2,1-2H3,(H,14,15). The Kier molecular flexibility index (Phi) is 5.31. The lowest BCUT2D eigenvalue weighted by Crippen LogP contribution is -2.14. The Morgan fingerprint density at radius 1 is 1.59 bits per heavy atom. The van der Waals surface area contributed by atoms with Gasteiger partial charge in [-0.25, -0.2) is 0 Å². The van der Waals surface area contributed by atoms with Crippen LogP contribution in [0.2, 0.25) is 0 Å². The van der Waals surface area contributed by atoms with E-state index < -0.39 is 5.97 Å². The number of carboxylic acids is 1. The second kappa shape index (κ2) is 6.51. The Labute approximate surface area is 105 Å². The lowest BCUT2D eigenvalue weighted by Gasteiger charge is -2.18. The molecule has 0 aliphatic heterocycles. The van der Waals surface area contributed by atoms with Crippen molar-refractivity contribution in [3.05, 3.63) is 23.8 Å². The number of nitrogens with two attached hydrogens (primary N) is 1. The Hall–Kier alpha value is -1.20. The average molecular weight is 255 g/mol. The maximum atomic E-state index is 10.6. The van der Waals surface area contributed by atoms with Crippen LogP contribution in [0.4, 0.5) is 0 Å². The van der Waals surface area contributed by atoms with Crippen LogP contribution < -0.4 is 10.5 Å². The number of ether oxygens (including phenoxy) is 1. The van der Waals surface area contributed by atoms with Crippen molar-refractivity contribution in [2.45, 2.75) is 23.8 Å². The van der Waals surface area contributed by atoms with Crippen LogP contribution in [0, 0.1) is 0 Å². The number of carbonyl (C=O) groups is 1. The SMILES string of the molecule is COc1cccc(SC)c1C(N)CCC(=O)O. The van der Waals surface area contributed by atoms with Gasteiger partial charge in [0.2, 0.25) is 0 Å². The predicted molar refractivity (Wildman–Crippen MR) is 68.6 cm³/mol. The van der Waals surface area contributed by atoms with Crippen LogP contribution in [-0.2, 0) is 4.79 Å². The highest BCUT2D eigenvalue weighted by Gasteiger charge is 2.17. The van der Waals surface area contributed by atoms with Crippen molar-refractivity contribution in [1.82, 2.24) is 0 Å². The highest BCUT2D eigenvalue weighted by Crippen LogP contribution is 2.34. The second-order valence-electron chi connectivity index (χ2n) is 3.62. The summed E-state index contributed by atoms with van der Waals surface area (Å²) in [6, 6.07) is 5.39. The van der Waals surface area contributed by atoms with E-state index in [9.17, 15) is 4.79 Å². The number of carboxylic acid groups (broad SMARTS) is 1. The van der Waals surface area contributed by atoms with Gasteiger partial charge in [0.05, 0.1) is 7.11 Å². The molecule has 0 heterocycles. The van der Waals surface area contributed by atoms with Gasteiger partial charge in [-0.15, -0.1) is 11.8 Å². The first-order chi connectivity index (χ1) is 8.10. The molecule has 94 valence electrons. The molecular weight excluding hydrogens is 238 g/mol. The Morgan fingerprint density at radius 2 is 2.29 bits per heavy atom. The predicted octanol–water partition coefficient (Wildman–Crippen LogP) is 2.28. The molecule has 0 aliphatic rings. The third kappa shape index (κ3) is 3.64. The van der Waals surface area contributed by atoms with Gasteiger partial charge < -0.3 is 15.6 Å². The molecule has 0 bridgehead atoms. The summed E-state index contributed by atoms with van der Waals surface area (Å²) in [6.07, 6.45) is 2.43. The molecule has 1 aromatic rings. The molecule has 3 N–H and O–H groups in total. The van der Waals surface area contributed by atoms with E-state index in [0.29, 0.717) is 6.42 Å². The minimum absolute atomic E-state index is 0.0625. The molecule has 0 saturated carbocycles. The van der Waals surface area contributed by atoms with Crippen LogP contribution in [0.25, 0.3) is 0 Å². The molecule has 0 aromatic heterocycles. The van der Waals surface area contributed by atoms with E-state index in [-0.39, 0.29) is 12.5 Å². The van der Waals surface area contributed by atoms with Gasteiger partial charge in [0.1, 0.15) is 5.75 Å². The fourth-order valence-electron chi connectivity index (χ4n) is 1.67. The first-order valence-electron chi connectivity index (χ1n) is 5.28. The van der Waals surface area contributed by atoms with Gasteiger partial charge >= 0.3 is 5.97 Å². The zero-order valence-corrected chi connectivity index (χ0v) is 10.8. The molecule has 0 fully saturated rings. The lowest BCUT2D eigenvalue weighted by molar-refractivity contribution is -0.137. The van der Waals surface area contributed by atoms with Crippen LogP contribution in [0.5, 0.6) is 5.75 Å². The van der Waals surface area contributed by atoms with Crippen molar-refractivity contribution in [2.24, 2.45) is 5.73 Å². The number of benzene rings is 1. The Morgan fingerprint density at radius 3 is 2.82 bits per heavy atom. The first kappa shape index (κ1) is 13.9. The summed E-state index contributed by atoms with van der Waals surface area (Å²) in [6.45, 7) is 0. The van der Waals surface area contributed by atoms with E-state index in [0.717, 1.165) is 16.2 Å².